The summed E-state index contributed by atoms with van der Waals surface area (Å²) in [6.07, 6.45) is -0.616. The summed E-state index contributed by atoms with van der Waals surface area (Å²) >= 11 is 1.62. The first-order valence-electron chi connectivity index (χ1n) is 9.55. The summed E-state index contributed by atoms with van der Waals surface area (Å²) in [5.41, 5.74) is 3.70. The number of carboxylic acid groups (broad SMARTS) is 1. The average molecular weight is 402 g/mol. The maximum Gasteiger partial charge on any atom is 0.315 e. The third-order valence-electron chi connectivity index (χ3n) is 6.10. The SMILES string of the molecule is CCN(C(=O)[O-])C1C[C@H](C)[N@+](C)(C(C)=O)c2ccc(-c3sc(C)nc3C)cc21. The highest BCUT2D eigenvalue weighted by Gasteiger charge is 2.47. The van der Waals surface area contributed by atoms with Crippen LogP contribution in [0.4, 0.5) is 10.5 Å². The number of benzene rings is 1. The quantitative estimate of drug-likeness (QED) is 0.739. The van der Waals surface area contributed by atoms with E-state index in [2.05, 4.69) is 4.98 Å². The average Bonchev–Trinajstić information content (AvgIpc) is 2.97. The Morgan fingerprint density at radius 3 is 2.54 bits per heavy atom. The Balaban J connectivity index is 2.24. The van der Waals surface area contributed by atoms with Gasteiger partial charge in [0.2, 0.25) is 0 Å². The molecule has 2 amide bonds. The molecule has 0 radical (unpaired) electrons. The minimum atomic E-state index is -1.18. The van der Waals surface area contributed by atoms with Crippen molar-refractivity contribution in [3.05, 3.63) is 34.5 Å². The van der Waals surface area contributed by atoms with Crippen LogP contribution in [0.25, 0.3) is 10.4 Å². The molecule has 2 aromatic rings. The zero-order valence-electron chi connectivity index (χ0n) is 17.3. The number of nitrogens with zero attached hydrogens (tertiary/aromatic N) is 3. The summed E-state index contributed by atoms with van der Waals surface area (Å²) in [6, 6.07) is 5.66. The normalized spacial score (nSPS) is 23.9. The Hall–Kier alpha value is -2.25. The number of thiazole rings is 1. The highest BCUT2D eigenvalue weighted by atomic mass is 32.1. The lowest BCUT2D eigenvalue weighted by molar-refractivity contribution is -0.268. The first-order valence-corrected chi connectivity index (χ1v) is 10.4. The highest BCUT2D eigenvalue weighted by molar-refractivity contribution is 7.15. The maximum atomic E-state index is 12.6. The number of hydrogen-bond donors (Lipinski definition) is 0. The topological polar surface area (TPSA) is 73.3 Å². The second kappa shape index (κ2) is 7.29. The van der Waals surface area contributed by atoms with Gasteiger partial charge in [0.05, 0.1) is 41.6 Å². The van der Waals surface area contributed by atoms with E-state index in [0.717, 1.165) is 32.4 Å². The molecule has 0 saturated heterocycles. The van der Waals surface area contributed by atoms with Crippen molar-refractivity contribution in [2.45, 2.75) is 53.1 Å². The molecular formula is C21H27N3O3S. The molecule has 0 bridgehead atoms. The van der Waals surface area contributed by atoms with Crippen molar-refractivity contribution in [1.82, 2.24) is 14.4 Å². The molecule has 1 aliphatic heterocycles. The summed E-state index contributed by atoms with van der Waals surface area (Å²) in [6.45, 7) is 9.71. The van der Waals surface area contributed by atoms with E-state index in [1.54, 1.807) is 18.3 Å². The summed E-state index contributed by atoms with van der Waals surface area (Å²) in [7, 11) is 1.92. The van der Waals surface area contributed by atoms with Crippen LogP contribution in [0.2, 0.25) is 0 Å². The van der Waals surface area contributed by atoms with E-state index < -0.39 is 6.09 Å². The molecule has 0 spiro atoms. The predicted molar refractivity (Wildman–Crippen MR) is 110 cm³/mol. The van der Waals surface area contributed by atoms with Crippen molar-refractivity contribution in [1.29, 1.82) is 0 Å². The molecule has 0 fully saturated rings. The van der Waals surface area contributed by atoms with Crippen LogP contribution in [0.3, 0.4) is 0 Å². The van der Waals surface area contributed by atoms with Crippen molar-refractivity contribution in [2.24, 2.45) is 0 Å². The van der Waals surface area contributed by atoms with E-state index in [0.29, 0.717) is 13.0 Å². The van der Waals surface area contributed by atoms with E-state index in [9.17, 15) is 14.7 Å². The molecule has 2 heterocycles. The van der Waals surface area contributed by atoms with Gasteiger partial charge in [-0.3, -0.25) is 0 Å². The molecule has 3 atom stereocenters. The number of fused-ring (bicyclic) bond motifs is 1. The van der Waals surface area contributed by atoms with Gasteiger partial charge in [0.15, 0.2) is 0 Å². The monoisotopic (exact) mass is 401 g/mol. The molecule has 1 aromatic heterocycles. The third kappa shape index (κ3) is 3.12. The van der Waals surface area contributed by atoms with Gasteiger partial charge in [0.25, 0.3) is 0 Å². The molecule has 150 valence electrons. The fourth-order valence-electron chi connectivity index (χ4n) is 4.33. The molecule has 1 aliphatic rings. The Bertz CT molecular complexity index is 939. The Labute approximate surface area is 170 Å². The van der Waals surface area contributed by atoms with Crippen molar-refractivity contribution >= 4 is 29.0 Å². The number of carbonyl (C=O) groups is 2. The van der Waals surface area contributed by atoms with Gasteiger partial charge >= 0.3 is 5.91 Å². The minimum absolute atomic E-state index is 0.0402. The van der Waals surface area contributed by atoms with Crippen LogP contribution in [0.1, 0.15) is 49.5 Å². The first kappa shape index (κ1) is 20.5. The first-order chi connectivity index (χ1) is 13.1. The van der Waals surface area contributed by atoms with Gasteiger partial charge < -0.3 is 14.8 Å². The Morgan fingerprint density at radius 2 is 2.04 bits per heavy atom. The number of amides is 2. The molecule has 3 rings (SSSR count). The number of quaternary nitrogens is 1. The zero-order chi connectivity index (χ0) is 20.8. The van der Waals surface area contributed by atoms with E-state index >= 15 is 0 Å². The number of rotatable bonds is 3. The number of carbonyl (C=O) groups excluding carboxylic acids is 2. The number of hydrogen-bond acceptors (Lipinski definition) is 5. The predicted octanol–water partition coefficient (Wildman–Crippen LogP) is 3.41. The van der Waals surface area contributed by atoms with Gasteiger partial charge in [-0.1, -0.05) is 0 Å². The maximum absolute atomic E-state index is 12.6. The molecule has 1 unspecified atom stereocenters. The van der Waals surface area contributed by atoms with Crippen LogP contribution in [-0.2, 0) is 4.79 Å². The Kier molecular flexibility index (Phi) is 5.34. The van der Waals surface area contributed by atoms with Crippen molar-refractivity contribution < 1.29 is 14.7 Å². The molecular weight excluding hydrogens is 374 g/mol. The number of aryl methyl sites for hydroxylation is 2. The zero-order valence-corrected chi connectivity index (χ0v) is 18.1. The number of aromatic nitrogens is 1. The fourth-order valence-corrected chi connectivity index (χ4v) is 5.25. The van der Waals surface area contributed by atoms with Crippen molar-refractivity contribution in [3.63, 3.8) is 0 Å². The van der Waals surface area contributed by atoms with Gasteiger partial charge in [-0.05, 0) is 45.4 Å². The van der Waals surface area contributed by atoms with Crippen LogP contribution in [0, 0.1) is 13.8 Å². The molecule has 28 heavy (non-hydrogen) atoms. The molecule has 0 aliphatic carbocycles. The highest BCUT2D eigenvalue weighted by Crippen LogP contribution is 2.46. The smallest absolute Gasteiger partial charge is 0.315 e. The van der Waals surface area contributed by atoms with E-state index in [4.69, 9.17) is 0 Å². The molecule has 0 N–H and O–H groups in total. The van der Waals surface area contributed by atoms with Gasteiger partial charge in [-0.15, -0.1) is 11.3 Å². The van der Waals surface area contributed by atoms with Gasteiger partial charge in [-0.2, -0.15) is 0 Å². The van der Waals surface area contributed by atoms with Crippen molar-refractivity contribution in [2.75, 3.05) is 13.6 Å². The lowest BCUT2D eigenvalue weighted by Crippen LogP contribution is -2.60. The standard InChI is InChI=1S/C21H27N3O3S/c1-7-23(21(26)27)18-10-12(2)24(6,15(5)25)19-9-8-16(11-17(18)19)20-13(3)22-14(4)28-20/h8-9,11-12,18H,7,10H2,1-6H3/t12-,18?,24+/m0/s1. The van der Waals surface area contributed by atoms with E-state index in [1.165, 1.54) is 4.90 Å². The lowest BCUT2D eigenvalue weighted by atomic mass is 9.87. The second-order valence-electron chi connectivity index (χ2n) is 7.67. The molecule has 0 saturated carbocycles. The van der Waals surface area contributed by atoms with Crippen LogP contribution in [0.5, 0.6) is 0 Å². The summed E-state index contributed by atoms with van der Waals surface area (Å²) in [5.74, 6) is 0.0428. The second-order valence-corrected chi connectivity index (χ2v) is 8.87. The van der Waals surface area contributed by atoms with Crippen LogP contribution < -0.4 is 9.59 Å². The van der Waals surface area contributed by atoms with E-state index in [-0.39, 0.29) is 22.5 Å². The Morgan fingerprint density at radius 1 is 1.36 bits per heavy atom. The van der Waals surface area contributed by atoms with Crippen LogP contribution in [0.15, 0.2) is 18.2 Å². The van der Waals surface area contributed by atoms with E-state index in [1.807, 2.05) is 52.9 Å². The van der Waals surface area contributed by atoms with Gasteiger partial charge in [0.1, 0.15) is 11.8 Å². The minimum Gasteiger partial charge on any atom is -0.530 e. The largest absolute Gasteiger partial charge is 0.530 e. The summed E-state index contributed by atoms with van der Waals surface area (Å²) < 4.78 is 0.164. The van der Waals surface area contributed by atoms with Gasteiger partial charge in [0, 0.05) is 24.6 Å². The lowest BCUT2D eigenvalue weighted by Gasteiger charge is -2.46. The van der Waals surface area contributed by atoms with Crippen LogP contribution >= 0.6 is 11.3 Å². The molecule has 7 heteroatoms. The van der Waals surface area contributed by atoms with Gasteiger partial charge in [-0.25, -0.2) is 14.3 Å². The van der Waals surface area contributed by atoms with Crippen molar-refractivity contribution in [3.8, 4) is 10.4 Å². The molecule has 1 aromatic carbocycles. The molecule has 6 nitrogen and oxygen atoms in total. The summed E-state index contributed by atoms with van der Waals surface area (Å²) in [5, 5.41) is 12.8. The summed E-state index contributed by atoms with van der Waals surface area (Å²) in [4.78, 5) is 31.4. The van der Waals surface area contributed by atoms with Crippen LogP contribution in [-0.4, -0.2) is 41.5 Å². The third-order valence-corrected chi connectivity index (χ3v) is 7.23. The fraction of sp³-hybridized carbons (Fsp3) is 0.476.